The summed E-state index contributed by atoms with van der Waals surface area (Å²) in [5, 5.41) is 13.8. The van der Waals surface area contributed by atoms with Gasteiger partial charge in [0.15, 0.2) is 0 Å². The number of carboxylic acids is 1. The predicted octanol–water partition coefficient (Wildman–Crippen LogP) is 1.19. The van der Waals surface area contributed by atoms with E-state index in [1.54, 1.807) is 12.4 Å². The Bertz CT molecular complexity index is 430. The molecule has 1 aromatic rings. The predicted molar refractivity (Wildman–Crippen MR) is 65.4 cm³/mol. The normalized spacial score (nSPS) is 18.1. The second-order valence-electron chi connectivity index (χ2n) is 4.18. The first-order chi connectivity index (χ1) is 9.29. The van der Waals surface area contributed by atoms with E-state index < -0.39 is 12.1 Å². The van der Waals surface area contributed by atoms with Crippen LogP contribution >= 0.6 is 0 Å². The Morgan fingerprint density at radius 2 is 2.10 bits per heavy atom. The molecule has 0 aliphatic carbocycles. The molecule has 0 radical (unpaired) electrons. The molecule has 0 aromatic carbocycles. The summed E-state index contributed by atoms with van der Waals surface area (Å²) in [7, 11) is 0. The van der Waals surface area contributed by atoms with Gasteiger partial charge in [0.2, 0.25) is 0 Å². The lowest BCUT2D eigenvalue weighted by atomic mass is 10.3. The quantitative estimate of drug-likeness (QED) is 0.759. The molecule has 2 heterocycles. The molecule has 1 fully saturated rings. The molecular weight excluding hydrogens is 277 g/mol. The number of aliphatic carboxylic acids is 1. The average Bonchev–Trinajstić information content (AvgIpc) is 2.84. The number of aryl methyl sites for hydroxylation is 1. The second kappa shape index (κ2) is 7.04. The van der Waals surface area contributed by atoms with Gasteiger partial charge in [-0.15, -0.1) is 0 Å². The lowest BCUT2D eigenvalue weighted by molar-refractivity contribution is -0.192. The maximum Gasteiger partial charge on any atom is 0.490 e. The van der Waals surface area contributed by atoms with Crippen LogP contribution in [-0.4, -0.2) is 46.4 Å². The Morgan fingerprint density at radius 1 is 1.45 bits per heavy atom. The fourth-order valence-electron chi connectivity index (χ4n) is 1.45. The molecule has 3 N–H and O–H groups in total. The van der Waals surface area contributed by atoms with Gasteiger partial charge in [0.1, 0.15) is 5.82 Å². The molecular formula is C11H15F3N4O2. The summed E-state index contributed by atoms with van der Waals surface area (Å²) in [6.45, 7) is 4.06. The van der Waals surface area contributed by atoms with Crippen molar-refractivity contribution in [3.05, 3.63) is 18.1 Å². The van der Waals surface area contributed by atoms with E-state index in [-0.39, 0.29) is 0 Å². The standard InChI is InChI=1S/C9H14N4.C2HF3O2/c1-7-4-12-9(6-11-7)13-8-2-3-10-5-8;3-2(4,5)1(6)7/h4,6,8,10H,2-3,5H2,1H3,(H,12,13);(H,6,7). The number of alkyl halides is 3. The van der Waals surface area contributed by atoms with Gasteiger partial charge in [0.05, 0.1) is 18.1 Å². The molecule has 0 saturated carbocycles. The van der Waals surface area contributed by atoms with E-state index in [0.717, 1.165) is 31.0 Å². The van der Waals surface area contributed by atoms with E-state index in [1.807, 2.05) is 6.92 Å². The topological polar surface area (TPSA) is 87.1 Å². The highest BCUT2D eigenvalue weighted by molar-refractivity contribution is 5.73. The fraction of sp³-hybridized carbons (Fsp3) is 0.545. The van der Waals surface area contributed by atoms with E-state index in [9.17, 15) is 13.2 Å². The zero-order valence-electron chi connectivity index (χ0n) is 10.7. The van der Waals surface area contributed by atoms with Gasteiger partial charge in [0, 0.05) is 12.6 Å². The first kappa shape index (κ1) is 16.2. The third-order valence-electron chi connectivity index (χ3n) is 2.44. The van der Waals surface area contributed by atoms with Gasteiger partial charge in [-0.05, 0) is 19.9 Å². The summed E-state index contributed by atoms with van der Waals surface area (Å²) < 4.78 is 31.7. The van der Waals surface area contributed by atoms with E-state index in [1.165, 1.54) is 0 Å². The van der Waals surface area contributed by atoms with Crippen LogP contribution in [0.25, 0.3) is 0 Å². The number of anilines is 1. The Hall–Kier alpha value is -1.90. The number of aromatic nitrogens is 2. The third-order valence-corrected chi connectivity index (χ3v) is 2.44. The van der Waals surface area contributed by atoms with Gasteiger partial charge in [0.25, 0.3) is 0 Å². The van der Waals surface area contributed by atoms with Crippen molar-refractivity contribution in [3.8, 4) is 0 Å². The molecule has 112 valence electrons. The summed E-state index contributed by atoms with van der Waals surface area (Å²) in [6.07, 6.45) is -0.353. The van der Waals surface area contributed by atoms with Crippen LogP contribution in [0.5, 0.6) is 0 Å². The SMILES string of the molecule is Cc1cnc(NC2CCNC2)cn1.O=C(O)C(F)(F)F. The summed E-state index contributed by atoms with van der Waals surface area (Å²) in [5.74, 6) is -1.88. The van der Waals surface area contributed by atoms with Crippen LogP contribution in [0.2, 0.25) is 0 Å². The highest BCUT2D eigenvalue weighted by atomic mass is 19.4. The van der Waals surface area contributed by atoms with Crippen molar-refractivity contribution in [3.63, 3.8) is 0 Å². The highest BCUT2D eigenvalue weighted by Gasteiger charge is 2.38. The molecule has 1 aliphatic rings. The summed E-state index contributed by atoms with van der Waals surface area (Å²) in [4.78, 5) is 17.3. The smallest absolute Gasteiger partial charge is 0.475 e. The van der Waals surface area contributed by atoms with E-state index >= 15 is 0 Å². The zero-order chi connectivity index (χ0) is 15.2. The van der Waals surface area contributed by atoms with E-state index in [0.29, 0.717) is 6.04 Å². The molecule has 9 heteroatoms. The summed E-state index contributed by atoms with van der Waals surface area (Å²) >= 11 is 0. The second-order valence-corrected chi connectivity index (χ2v) is 4.18. The number of hydrogen-bond acceptors (Lipinski definition) is 5. The molecule has 1 aromatic heterocycles. The number of halogens is 3. The molecule has 1 atom stereocenters. The van der Waals surface area contributed by atoms with Crippen LogP contribution in [0.1, 0.15) is 12.1 Å². The Morgan fingerprint density at radius 3 is 2.50 bits per heavy atom. The third kappa shape index (κ3) is 5.83. The van der Waals surface area contributed by atoms with Crippen molar-refractivity contribution in [1.82, 2.24) is 15.3 Å². The summed E-state index contributed by atoms with van der Waals surface area (Å²) in [6, 6.07) is 0.511. The number of nitrogens with zero attached hydrogens (tertiary/aromatic N) is 2. The minimum absolute atomic E-state index is 0.511. The maximum atomic E-state index is 10.6. The number of carbonyl (C=O) groups is 1. The molecule has 0 spiro atoms. The molecule has 1 aliphatic heterocycles. The minimum Gasteiger partial charge on any atom is -0.475 e. The summed E-state index contributed by atoms with van der Waals surface area (Å²) in [5.41, 5.74) is 0.954. The lowest BCUT2D eigenvalue weighted by Gasteiger charge is -2.10. The van der Waals surface area contributed by atoms with Crippen LogP contribution in [0.3, 0.4) is 0 Å². The maximum absolute atomic E-state index is 10.6. The Balaban J connectivity index is 0.000000246. The van der Waals surface area contributed by atoms with Crippen LogP contribution in [0, 0.1) is 6.92 Å². The van der Waals surface area contributed by atoms with E-state index in [4.69, 9.17) is 9.90 Å². The molecule has 0 bridgehead atoms. The van der Waals surface area contributed by atoms with Crippen molar-refractivity contribution in [2.75, 3.05) is 18.4 Å². The molecule has 20 heavy (non-hydrogen) atoms. The molecule has 0 amide bonds. The van der Waals surface area contributed by atoms with Crippen LogP contribution < -0.4 is 10.6 Å². The van der Waals surface area contributed by atoms with E-state index in [2.05, 4.69) is 20.6 Å². The number of carboxylic acid groups (broad SMARTS) is 1. The fourth-order valence-corrected chi connectivity index (χ4v) is 1.45. The van der Waals surface area contributed by atoms with Gasteiger partial charge >= 0.3 is 12.1 Å². The lowest BCUT2D eigenvalue weighted by Crippen LogP contribution is -2.22. The zero-order valence-corrected chi connectivity index (χ0v) is 10.7. The van der Waals surface area contributed by atoms with Crippen molar-refractivity contribution in [2.45, 2.75) is 25.6 Å². The number of rotatable bonds is 2. The molecule has 6 nitrogen and oxygen atoms in total. The van der Waals surface area contributed by atoms with Crippen molar-refractivity contribution in [1.29, 1.82) is 0 Å². The van der Waals surface area contributed by atoms with Crippen LogP contribution in [0.15, 0.2) is 12.4 Å². The largest absolute Gasteiger partial charge is 0.490 e. The van der Waals surface area contributed by atoms with Gasteiger partial charge in [-0.1, -0.05) is 0 Å². The van der Waals surface area contributed by atoms with Crippen molar-refractivity contribution >= 4 is 11.8 Å². The Labute approximate surface area is 113 Å². The number of hydrogen-bond donors (Lipinski definition) is 3. The van der Waals surface area contributed by atoms with Crippen molar-refractivity contribution in [2.24, 2.45) is 0 Å². The average molecular weight is 292 g/mol. The first-order valence-electron chi connectivity index (χ1n) is 5.85. The van der Waals surface area contributed by atoms with Crippen molar-refractivity contribution < 1.29 is 23.1 Å². The Kier molecular flexibility index (Phi) is 5.68. The molecule has 1 unspecified atom stereocenters. The number of nitrogens with one attached hydrogen (secondary N) is 2. The first-order valence-corrected chi connectivity index (χ1v) is 5.85. The van der Waals surface area contributed by atoms with Crippen LogP contribution in [-0.2, 0) is 4.79 Å². The minimum atomic E-state index is -5.08. The highest BCUT2D eigenvalue weighted by Crippen LogP contribution is 2.13. The van der Waals surface area contributed by atoms with Gasteiger partial charge < -0.3 is 15.7 Å². The van der Waals surface area contributed by atoms with Crippen LogP contribution in [0.4, 0.5) is 19.0 Å². The van der Waals surface area contributed by atoms with Gasteiger partial charge in [-0.25, -0.2) is 9.78 Å². The van der Waals surface area contributed by atoms with Gasteiger partial charge in [-0.3, -0.25) is 4.98 Å². The molecule has 2 rings (SSSR count). The molecule has 1 saturated heterocycles. The van der Waals surface area contributed by atoms with Gasteiger partial charge in [-0.2, -0.15) is 13.2 Å². The monoisotopic (exact) mass is 292 g/mol.